The lowest BCUT2D eigenvalue weighted by atomic mass is 9.97. The molecule has 0 heterocycles. The van der Waals surface area contributed by atoms with Gasteiger partial charge in [0.05, 0.1) is 6.10 Å². The van der Waals surface area contributed by atoms with Crippen LogP contribution < -0.4 is 9.47 Å². The maximum absolute atomic E-state index is 12.4. The number of carboxylic acids is 1. The Hall–Kier alpha value is -2.74. The van der Waals surface area contributed by atoms with Gasteiger partial charge < -0.3 is 19.3 Å². The highest BCUT2D eigenvalue weighted by molar-refractivity contribution is 5.77. The van der Waals surface area contributed by atoms with Crippen molar-refractivity contribution in [3.63, 3.8) is 0 Å². The summed E-state index contributed by atoms with van der Waals surface area (Å²) in [5.74, 6) is -0.337. The quantitative estimate of drug-likeness (QED) is 0.468. The highest BCUT2D eigenvalue weighted by Crippen LogP contribution is 2.56. The van der Waals surface area contributed by atoms with Crippen LogP contribution in [0.5, 0.6) is 11.5 Å². The maximum Gasteiger partial charge on any atom is 0.573 e. The predicted molar refractivity (Wildman–Crippen MR) is 117 cm³/mol. The normalized spacial score (nSPS) is 19.2. The number of hydrogen-bond donors (Lipinski definition) is 1. The molecule has 0 aliphatic heterocycles. The largest absolute Gasteiger partial charge is 0.573 e. The lowest BCUT2D eigenvalue weighted by molar-refractivity contribution is -0.274. The second-order valence-corrected chi connectivity index (χ2v) is 8.90. The molecule has 0 spiro atoms. The molecule has 180 valence electrons. The van der Waals surface area contributed by atoms with E-state index in [9.17, 15) is 23.1 Å². The Bertz CT molecular complexity index is 975. The number of aryl methyl sites for hydroxylation is 2. The number of halogens is 3. The fraction of sp³-hybridized carbons (Fsp3) is 0.480. The summed E-state index contributed by atoms with van der Waals surface area (Å²) in [7, 11) is 0. The van der Waals surface area contributed by atoms with Crippen molar-refractivity contribution >= 4 is 5.97 Å². The van der Waals surface area contributed by atoms with Crippen molar-refractivity contribution in [1.82, 2.24) is 0 Å². The minimum Gasteiger partial charge on any atom is -0.478 e. The summed E-state index contributed by atoms with van der Waals surface area (Å²) in [6.45, 7) is 9.16. The van der Waals surface area contributed by atoms with Crippen LogP contribution in [-0.2, 0) is 9.53 Å². The third kappa shape index (κ3) is 5.99. The van der Waals surface area contributed by atoms with E-state index in [2.05, 4.69) is 4.74 Å². The lowest BCUT2D eigenvalue weighted by Gasteiger charge is -2.25. The molecule has 1 aliphatic rings. The van der Waals surface area contributed by atoms with Crippen LogP contribution in [0.3, 0.4) is 0 Å². The first-order valence-electron chi connectivity index (χ1n) is 10.8. The molecule has 1 fully saturated rings. The number of carbonyl (C=O) groups is 1. The van der Waals surface area contributed by atoms with Gasteiger partial charge in [-0.15, -0.1) is 13.2 Å². The molecule has 1 N–H and O–H groups in total. The predicted octanol–water partition coefficient (Wildman–Crippen LogP) is 6.33. The fourth-order valence-corrected chi connectivity index (χ4v) is 4.10. The third-order valence-electron chi connectivity index (χ3n) is 5.80. The number of ether oxygens (including phenoxy) is 3. The molecule has 0 amide bonds. The van der Waals surface area contributed by atoms with Crippen molar-refractivity contribution in [2.24, 2.45) is 5.92 Å². The van der Waals surface area contributed by atoms with Gasteiger partial charge in [0.1, 0.15) is 11.5 Å². The molecule has 33 heavy (non-hydrogen) atoms. The first-order chi connectivity index (χ1) is 15.3. The van der Waals surface area contributed by atoms with Crippen molar-refractivity contribution in [2.45, 2.75) is 65.0 Å². The van der Waals surface area contributed by atoms with Gasteiger partial charge in [0.2, 0.25) is 0 Å². The minimum atomic E-state index is -4.73. The van der Waals surface area contributed by atoms with Gasteiger partial charge in [-0.1, -0.05) is 24.3 Å². The van der Waals surface area contributed by atoms with Gasteiger partial charge in [-0.25, -0.2) is 4.79 Å². The molecule has 0 aromatic heterocycles. The van der Waals surface area contributed by atoms with Crippen molar-refractivity contribution in [3.8, 4) is 11.5 Å². The molecule has 2 aromatic rings. The van der Waals surface area contributed by atoms with Crippen molar-refractivity contribution in [2.75, 3.05) is 6.61 Å². The maximum atomic E-state index is 12.4. The topological polar surface area (TPSA) is 65.0 Å². The van der Waals surface area contributed by atoms with Gasteiger partial charge in [0.15, 0.2) is 5.60 Å². The second-order valence-electron chi connectivity index (χ2n) is 8.90. The Kier molecular flexibility index (Phi) is 6.98. The molecule has 0 saturated heterocycles. The average Bonchev–Trinajstić information content (AvgIpc) is 3.49. The van der Waals surface area contributed by atoms with Crippen molar-refractivity contribution in [3.05, 3.63) is 58.7 Å². The lowest BCUT2D eigenvalue weighted by Crippen LogP contribution is -2.38. The van der Waals surface area contributed by atoms with Crippen molar-refractivity contribution in [1.29, 1.82) is 0 Å². The molecule has 8 heteroatoms. The Balaban J connectivity index is 1.78. The molecule has 3 unspecified atom stereocenters. The van der Waals surface area contributed by atoms with Gasteiger partial charge >= 0.3 is 12.3 Å². The number of alkyl halides is 3. The zero-order valence-electron chi connectivity index (χ0n) is 19.3. The summed E-state index contributed by atoms with van der Waals surface area (Å²) >= 11 is 0. The van der Waals surface area contributed by atoms with Crippen LogP contribution in [-0.4, -0.2) is 29.6 Å². The van der Waals surface area contributed by atoms with Gasteiger partial charge in [0, 0.05) is 6.61 Å². The molecular weight excluding hydrogens is 437 g/mol. The molecule has 2 aromatic carbocycles. The first-order valence-corrected chi connectivity index (χ1v) is 10.8. The first kappa shape index (κ1) is 24.9. The van der Waals surface area contributed by atoms with E-state index in [4.69, 9.17) is 9.47 Å². The van der Waals surface area contributed by atoms with E-state index in [-0.39, 0.29) is 23.7 Å². The van der Waals surface area contributed by atoms with E-state index in [1.54, 1.807) is 12.1 Å². The molecule has 0 radical (unpaired) electrons. The van der Waals surface area contributed by atoms with Gasteiger partial charge in [-0.2, -0.15) is 0 Å². The van der Waals surface area contributed by atoms with E-state index in [1.807, 2.05) is 32.9 Å². The summed E-state index contributed by atoms with van der Waals surface area (Å²) in [5.41, 5.74) is 2.27. The summed E-state index contributed by atoms with van der Waals surface area (Å²) in [5, 5.41) is 9.36. The van der Waals surface area contributed by atoms with Gasteiger partial charge in [0.25, 0.3) is 0 Å². The Morgan fingerprint density at radius 3 is 2.15 bits per heavy atom. The number of benzene rings is 2. The fourth-order valence-electron chi connectivity index (χ4n) is 4.10. The van der Waals surface area contributed by atoms with E-state index in [0.29, 0.717) is 12.4 Å². The van der Waals surface area contributed by atoms with Gasteiger partial charge in [-0.05, 0) is 87.3 Å². The molecule has 5 nitrogen and oxygen atoms in total. The zero-order chi connectivity index (χ0) is 24.6. The minimum absolute atomic E-state index is 0.181. The Morgan fingerprint density at radius 1 is 1.09 bits per heavy atom. The van der Waals surface area contributed by atoms with E-state index in [0.717, 1.165) is 28.7 Å². The van der Waals surface area contributed by atoms with Crippen LogP contribution in [0.25, 0.3) is 0 Å². The van der Waals surface area contributed by atoms with Crippen LogP contribution in [0.15, 0.2) is 36.4 Å². The molecule has 3 rings (SSSR count). The third-order valence-corrected chi connectivity index (χ3v) is 5.80. The van der Waals surface area contributed by atoms with E-state index in [1.165, 1.54) is 26.0 Å². The van der Waals surface area contributed by atoms with E-state index >= 15 is 0 Å². The molecular formula is C25H29F3O5. The summed E-state index contributed by atoms with van der Waals surface area (Å²) in [4.78, 5) is 11.4. The van der Waals surface area contributed by atoms with Crippen LogP contribution in [0.2, 0.25) is 0 Å². The van der Waals surface area contributed by atoms with Crippen LogP contribution in [0.1, 0.15) is 61.5 Å². The molecule has 1 aliphatic carbocycles. The highest BCUT2D eigenvalue weighted by atomic mass is 19.4. The summed E-state index contributed by atoms with van der Waals surface area (Å²) in [6.07, 6.45) is -4.10. The van der Waals surface area contributed by atoms with Crippen molar-refractivity contribution < 1.29 is 37.3 Å². The highest BCUT2D eigenvalue weighted by Gasteiger charge is 2.45. The van der Waals surface area contributed by atoms with Crippen LogP contribution in [0.4, 0.5) is 13.2 Å². The number of hydrogen-bond acceptors (Lipinski definition) is 4. The SMILES string of the molecule is CCOC(c1ccc(OC(F)(F)F)cc1)C1CC1c1cc(C)c(OC(C)(C)C(=O)O)c(C)c1. The number of rotatable bonds is 9. The average molecular weight is 466 g/mol. The molecule has 3 atom stereocenters. The Labute approximate surface area is 191 Å². The Morgan fingerprint density at radius 2 is 1.67 bits per heavy atom. The second kappa shape index (κ2) is 9.25. The summed E-state index contributed by atoms with van der Waals surface area (Å²) < 4.78 is 53.0. The van der Waals surface area contributed by atoms with Gasteiger partial charge in [-0.3, -0.25) is 0 Å². The van der Waals surface area contributed by atoms with E-state index < -0.39 is 17.9 Å². The standard InChI is InChI=1S/C25H29F3O5/c1-6-31-22(16-7-9-18(10-8-16)32-25(26,27)28)20-13-19(20)17-11-14(2)21(15(3)12-17)33-24(4,5)23(29)30/h7-12,19-20,22H,6,13H2,1-5H3,(H,29,30). The smallest absolute Gasteiger partial charge is 0.478 e. The van der Waals surface area contributed by atoms with Crippen LogP contribution >= 0.6 is 0 Å². The zero-order valence-corrected chi connectivity index (χ0v) is 19.3. The molecule has 0 bridgehead atoms. The van der Waals surface area contributed by atoms with Crippen LogP contribution in [0, 0.1) is 19.8 Å². The molecule has 1 saturated carbocycles. The number of aliphatic carboxylic acids is 1. The monoisotopic (exact) mass is 466 g/mol. The summed E-state index contributed by atoms with van der Waals surface area (Å²) in [6, 6.07) is 9.84. The number of carboxylic acid groups (broad SMARTS) is 1.